The van der Waals surface area contributed by atoms with E-state index in [2.05, 4.69) is 246 Å². The lowest BCUT2D eigenvalue weighted by atomic mass is 9.92. The van der Waals surface area contributed by atoms with Crippen LogP contribution in [0.1, 0.15) is 101 Å². The Bertz CT molecular complexity index is 3270. The number of nitrogens with one attached hydrogen (secondary N) is 1. The van der Waals surface area contributed by atoms with Crippen molar-refractivity contribution in [2.24, 2.45) is 0 Å². The predicted octanol–water partition coefficient (Wildman–Crippen LogP) is 18.4. The molecular formula is C62H61BrN4. The highest BCUT2D eigenvalue weighted by Gasteiger charge is 2.16. The molecule has 336 valence electrons. The number of fused-ring (bicyclic) bond motifs is 4. The second-order valence-electron chi connectivity index (χ2n) is 18.5. The van der Waals surface area contributed by atoms with Crippen LogP contribution in [0.2, 0.25) is 0 Å². The average Bonchev–Trinajstić information content (AvgIpc) is 3.34. The summed E-state index contributed by atoms with van der Waals surface area (Å²) < 4.78 is 1.03. The summed E-state index contributed by atoms with van der Waals surface area (Å²) in [5, 5.41) is 11.0. The molecule has 0 saturated carbocycles. The van der Waals surface area contributed by atoms with Crippen LogP contribution in [0, 0.1) is 0 Å². The molecular weight excluding hydrogens is 881 g/mol. The molecule has 0 bridgehead atoms. The zero-order chi connectivity index (χ0) is 47.2. The number of aromatic nitrogens is 2. The highest BCUT2D eigenvalue weighted by atomic mass is 79.9. The topological polar surface area (TPSA) is 63.8 Å². The standard InChI is InChI=1S/C31H30N2.C19H12BrN.C12H19N/c1-20(2)24-14-9-15-25(21(3)4)31(24)33-29-17-8-12-23-18-19-28(32-30(23)29)27-16-7-11-22-10-5-6-13-26(22)27;20-17-10-4-7-14-11-12-18(21-19(14)17)16-9-3-6-13-5-1-2-8-15(13)16;1-8(2)10-6-5-7-11(9(3)4)12(10)13/h5-21,33H,1-4H3;1-12H;5-9H,13H2,1-4H3. The molecule has 0 spiro atoms. The van der Waals surface area contributed by atoms with Gasteiger partial charge in [-0.15, -0.1) is 0 Å². The third-order valence-electron chi connectivity index (χ3n) is 12.6. The third kappa shape index (κ3) is 10.3. The van der Waals surface area contributed by atoms with Crippen molar-refractivity contribution in [2.45, 2.75) is 79.1 Å². The van der Waals surface area contributed by atoms with Crippen molar-refractivity contribution in [1.29, 1.82) is 0 Å². The lowest BCUT2D eigenvalue weighted by molar-refractivity contribution is 0.838. The summed E-state index contributed by atoms with van der Waals surface area (Å²) >= 11 is 3.59. The maximum atomic E-state index is 6.09. The maximum absolute atomic E-state index is 6.09. The number of nitrogens with two attached hydrogens (primary N) is 1. The number of nitrogens with zero attached hydrogens (tertiary/aromatic N) is 2. The van der Waals surface area contributed by atoms with Crippen LogP contribution in [-0.2, 0) is 0 Å². The fraction of sp³-hybridized carbons (Fsp3) is 0.194. The molecule has 0 aliphatic carbocycles. The minimum absolute atomic E-state index is 0.431. The van der Waals surface area contributed by atoms with Crippen LogP contribution < -0.4 is 11.1 Å². The third-order valence-corrected chi connectivity index (χ3v) is 13.2. The Labute approximate surface area is 405 Å². The Kier molecular flexibility index (Phi) is 14.5. The molecule has 0 fully saturated rings. The summed E-state index contributed by atoms with van der Waals surface area (Å²) in [7, 11) is 0. The van der Waals surface area contributed by atoms with E-state index in [4.69, 9.17) is 15.7 Å². The fourth-order valence-corrected chi connectivity index (χ4v) is 9.47. The minimum Gasteiger partial charge on any atom is -0.398 e. The van der Waals surface area contributed by atoms with E-state index >= 15 is 0 Å². The Morgan fingerprint density at radius 1 is 0.388 bits per heavy atom. The second-order valence-corrected chi connectivity index (χ2v) is 19.4. The Morgan fingerprint density at radius 2 is 0.776 bits per heavy atom. The van der Waals surface area contributed by atoms with Crippen molar-refractivity contribution in [3.05, 3.63) is 209 Å². The van der Waals surface area contributed by atoms with Crippen molar-refractivity contribution in [3.8, 4) is 22.5 Å². The van der Waals surface area contributed by atoms with E-state index in [-0.39, 0.29) is 0 Å². The number of pyridine rings is 2. The van der Waals surface area contributed by atoms with Gasteiger partial charge in [0.1, 0.15) is 0 Å². The highest BCUT2D eigenvalue weighted by molar-refractivity contribution is 9.10. The number of nitrogen functional groups attached to an aromatic ring is 1. The molecule has 10 rings (SSSR count). The Balaban J connectivity index is 0.000000152. The lowest BCUT2D eigenvalue weighted by Crippen LogP contribution is -2.04. The first kappa shape index (κ1) is 46.7. The summed E-state index contributed by atoms with van der Waals surface area (Å²) in [4.78, 5) is 10.0. The maximum Gasteiger partial charge on any atom is 0.0944 e. The van der Waals surface area contributed by atoms with Gasteiger partial charge in [-0.05, 0) is 108 Å². The summed E-state index contributed by atoms with van der Waals surface area (Å²) in [6, 6.07) is 63.8. The average molecular weight is 942 g/mol. The fourth-order valence-electron chi connectivity index (χ4n) is 9.00. The monoisotopic (exact) mass is 940 g/mol. The van der Waals surface area contributed by atoms with Gasteiger partial charge in [0.2, 0.25) is 0 Å². The van der Waals surface area contributed by atoms with E-state index in [0.717, 1.165) is 54.6 Å². The molecule has 2 heterocycles. The molecule has 0 unspecified atom stereocenters. The molecule has 0 aliphatic heterocycles. The number of hydrogen-bond donors (Lipinski definition) is 2. The molecule has 0 amide bonds. The number of benzene rings is 8. The van der Waals surface area contributed by atoms with E-state index in [0.29, 0.717) is 23.7 Å². The zero-order valence-electron chi connectivity index (χ0n) is 40.0. The number of anilines is 3. The number of para-hydroxylation sites is 4. The van der Waals surface area contributed by atoms with Crippen molar-refractivity contribution < 1.29 is 0 Å². The zero-order valence-corrected chi connectivity index (χ0v) is 41.6. The minimum atomic E-state index is 0.431. The molecule has 0 saturated heterocycles. The lowest BCUT2D eigenvalue weighted by Gasteiger charge is -2.21. The van der Waals surface area contributed by atoms with Crippen LogP contribution >= 0.6 is 15.9 Å². The molecule has 8 aromatic carbocycles. The van der Waals surface area contributed by atoms with Gasteiger partial charge in [-0.2, -0.15) is 0 Å². The summed E-state index contributed by atoms with van der Waals surface area (Å²) in [6.45, 7) is 17.7. The Morgan fingerprint density at radius 3 is 1.28 bits per heavy atom. The van der Waals surface area contributed by atoms with Crippen molar-refractivity contribution in [1.82, 2.24) is 9.97 Å². The molecule has 10 aromatic rings. The van der Waals surface area contributed by atoms with Gasteiger partial charge in [-0.1, -0.05) is 213 Å². The van der Waals surface area contributed by atoms with Gasteiger partial charge in [-0.3, -0.25) is 0 Å². The van der Waals surface area contributed by atoms with Gasteiger partial charge in [0.05, 0.1) is 28.1 Å². The van der Waals surface area contributed by atoms with Crippen LogP contribution in [0.3, 0.4) is 0 Å². The molecule has 5 heteroatoms. The molecule has 0 aliphatic rings. The molecule has 4 nitrogen and oxygen atoms in total. The van der Waals surface area contributed by atoms with E-state index in [1.165, 1.54) is 55.0 Å². The van der Waals surface area contributed by atoms with Crippen LogP contribution in [0.25, 0.3) is 65.9 Å². The van der Waals surface area contributed by atoms with Crippen molar-refractivity contribution in [2.75, 3.05) is 11.1 Å². The molecule has 67 heavy (non-hydrogen) atoms. The van der Waals surface area contributed by atoms with E-state index < -0.39 is 0 Å². The quantitative estimate of drug-likeness (QED) is 0.149. The summed E-state index contributed by atoms with van der Waals surface area (Å²) in [6.07, 6.45) is 0. The molecule has 0 atom stereocenters. The van der Waals surface area contributed by atoms with Crippen molar-refractivity contribution >= 4 is 76.3 Å². The van der Waals surface area contributed by atoms with Crippen LogP contribution in [-0.4, -0.2) is 9.97 Å². The molecule has 0 radical (unpaired) electrons. The van der Waals surface area contributed by atoms with Gasteiger partial charge in [0, 0.05) is 37.7 Å². The number of rotatable bonds is 8. The van der Waals surface area contributed by atoms with Crippen molar-refractivity contribution in [3.63, 3.8) is 0 Å². The number of hydrogen-bond acceptors (Lipinski definition) is 4. The van der Waals surface area contributed by atoms with Crippen LogP contribution in [0.5, 0.6) is 0 Å². The summed E-state index contributed by atoms with van der Waals surface area (Å²) in [5.41, 5.74) is 20.9. The first-order valence-electron chi connectivity index (χ1n) is 23.6. The van der Waals surface area contributed by atoms with E-state index in [9.17, 15) is 0 Å². The molecule has 3 N–H and O–H groups in total. The SMILES string of the molecule is Brc1cccc2ccc(-c3cccc4ccccc34)nc12.CC(C)c1cccc(C(C)C)c1N.CC(C)c1cccc(C(C)C)c1Nc1cccc2ccc(-c3cccc4ccccc34)nc12. The smallest absolute Gasteiger partial charge is 0.0944 e. The van der Waals surface area contributed by atoms with E-state index in [1.54, 1.807) is 0 Å². The second kappa shape index (κ2) is 20.8. The normalized spacial score (nSPS) is 11.4. The predicted molar refractivity (Wildman–Crippen MR) is 294 cm³/mol. The summed E-state index contributed by atoms with van der Waals surface area (Å²) in [5.74, 6) is 1.89. The Hall–Kier alpha value is -6.82. The van der Waals surface area contributed by atoms with Crippen LogP contribution in [0.4, 0.5) is 17.1 Å². The van der Waals surface area contributed by atoms with E-state index in [1.807, 2.05) is 12.1 Å². The highest BCUT2D eigenvalue weighted by Crippen LogP contribution is 2.38. The molecule has 2 aromatic heterocycles. The van der Waals surface area contributed by atoms with Gasteiger partial charge < -0.3 is 11.1 Å². The first-order chi connectivity index (χ1) is 32.4. The van der Waals surface area contributed by atoms with Gasteiger partial charge >= 0.3 is 0 Å². The first-order valence-corrected chi connectivity index (χ1v) is 24.4. The largest absolute Gasteiger partial charge is 0.398 e. The number of halogens is 1. The van der Waals surface area contributed by atoms with Gasteiger partial charge in [-0.25, -0.2) is 9.97 Å². The van der Waals surface area contributed by atoms with Crippen LogP contribution in [0.15, 0.2) is 186 Å². The van der Waals surface area contributed by atoms with Gasteiger partial charge in [0.15, 0.2) is 0 Å². The van der Waals surface area contributed by atoms with Gasteiger partial charge in [0.25, 0.3) is 0 Å².